The number of aryl methyl sites for hydroxylation is 1. The molecule has 0 bridgehead atoms. The highest BCUT2D eigenvalue weighted by Gasteiger charge is 2.04. The number of ether oxygens (including phenoxy) is 1. The van der Waals surface area contributed by atoms with Crippen LogP contribution in [0.25, 0.3) is 10.6 Å². The number of aromatic nitrogens is 1. The molecule has 0 atom stereocenters. The average molecular weight is 287 g/mol. The minimum atomic E-state index is -0.337. The Morgan fingerprint density at radius 1 is 1.35 bits per heavy atom. The molecule has 2 aromatic rings. The van der Waals surface area contributed by atoms with Crippen molar-refractivity contribution < 1.29 is 9.53 Å². The Kier molecular flexibility index (Phi) is 5.07. The highest BCUT2D eigenvalue weighted by Crippen LogP contribution is 2.26. The summed E-state index contributed by atoms with van der Waals surface area (Å²) >= 11 is 1.64. The van der Waals surface area contributed by atoms with Crippen molar-refractivity contribution >= 4 is 17.3 Å². The fourth-order valence-corrected chi connectivity index (χ4v) is 2.42. The molecule has 0 aliphatic heterocycles. The highest BCUT2D eigenvalue weighted by molar-refractivity contribution is 7.14. The molecule has 1 aromatic carbocycles. The molecule has 0 N–H and O–H groups in total. The summed E-state index contributed by atoms with van der Waals surface area (Å²) in [4.78, 5) is 17.0. The van der Waals surface area contributed by atoms with Crippen LogP contribution in [0.2, 0.25) is 0 Å². The molecule has 0 spiro atoms. The summed E-state index contributed by atoms with van der Waals surface area (Å²) in [6.45, 7) is 4.09. The zero-order valence-electron chi connectivity index (χ0n) is 11.6. The average Bonchev–Trinajstić information content (AvgIpc) is 2.86. The number of esters is 1. The number of benzene rings is 1. The summed E-state index contributed by atoms with van der Waals surface area (Å²) in [5, 5.41) is 0.975. The lowest BCUT2D eigenvalue weighted by molar-refractivity contribution is -0.129. The molecule has 2 rings (SSSR count). The molecule has 104 valence electrons. The van der Waals surface area contributed by atoms with E-state index in [1.165, 1.54) is 11.0 Å². The number of rotatable bonds is 5. The van der Waals surface area contributed by atoms with Gasteiger partial charge in [0.2, 0.25) is 0 Å². The smallest absolute Gasteiger partial charge is 0.335 e. The first-order valence-corrected chi connectivity index (χ1v) is 7.42. The Balaban J connectivity index is 2.00. The molecule has 4 heteroatoms. The Bertz CT molecular complexity index is 599. The number of unbranched alkanes of at least 4 members (excludes halogenated alkanes) is 1. The van der Waals surface area contributed by atoms with Crippen LogP contribution in [-0.2, 0) is 4.79 Å². The van der Waals surface area contributed by atoms with E-state index in [1.54, 1.807) is 23.5 Å². The van der Waals surface area contributed by atoms with Crippen LogP contribution in [0.5, 0.6) is 5.75 Å². The second-order valence-electron chi connectivity index (χ2n) is 4.41. The monoisotopic (exact) mass is 287 g/mol. The quantitative estimate of drug-likeness (QED) is 0.465. The van der Waals surface area contributed by atoms with Gasteiger partial charge in [-0.1, -0.05) is 19.4 Å². The summed E-state index contributed by atoms with van der Waals surface area (Å²) in [6, 6.07) is 7.41. The van der Waals surface area contributed by atoms with Gasteiger partial charge in [-0.15, -0.1) is 11.3 Å². The van der Waals surface area contributed by atoms with Crippen molar-refractivity contribution in [3.8, 4) is 16.3 Å². The van der Waals surface area contributed by atoms with E-state index in [9.17, 15) is 4.79 Å². The lowest BCUT2D eigenvalue weighted by Crippen LogP contribution is -2.03. The Labute approximate surface area is 122 Å². The van der Waals surface area contributed by atoms with Gasteiger partial charge in [0, 0.05) is 22.7 Å². The van der Waals surface area contributed by atoms with Crippen LogP contribution in [0.4, 0.5) is 0 Å². The third-order valence-electron chi connectivity index (χ3n) is 2.65. The first-order chi connectivity index (χ1) is 9.69. The molecule has 0 unspecified atom stereocenters. The maximum absolute atomic E-state index is 11.5. The van der Waals surface area contributed by atoms with E-state index in [1.807, 2.05) is 31.3 Å². The number of allylic oxidation sites excluding steroid dienone is 1. The van der Waals surface area contributed by atoms with Gasteiger partial charge in [-0.3, -0.25) is 0 Å². The minimum absolute atomic E-state index is 0.337. The summed E-state index contributed by atoms with van der Waals surface area (Å²) in [7, 11) is 0. The van der Waals surface area contributed by atoms with E-state index >= 15 is 0 Å². The summed E-state index contributed by atoms with van der Waals surface area (Å²) in [5.74, 6) is 0.212. The van der Waals surface area contributed by atoms with E-state index in [-0.39, 0.29) is 5.97 Å². The second-order valence-corrected chi connectivity index (χ2v) is 5.65. The van der Waals surface area contributed by atoms with Gasteiger partial charge >= 0.3 is 5.97 Å². The molecule has 3 nitrogen and oxygen atoms in total. The van der Waals surface area contributed by atoms with Crippen molar-refractivity contribution in [2.75, 3.05) is 0 Å². The molecule has 0 fully saturated rings. The molecule has 0 saturated carbocycles. The zero-order valence-corrected chi connectivity index (χ0v) is 12.4. The van der Waals surface area contributed by atoms with E-state index in [0.717, 1.165) is 23.4 Å². The first kappa shape index (κ1) is 14.5. The fraction of sp³-hybridized carbons (Fsp3) is 0.250. The number of carbonyl (C=O) groups is 1. The van der Waals surface area contributed by atoms with Gasteiger partial charge in [0.15, 0.2) is 0 Å². The number of hydrogen-bond donors (Lipinski definition) is 0. The Morgan fingerprint density at radius 2 is 2.10 bits per heavy atom. The van der Waals surface area contributed by atoms with Crippen LogP contribution in [0, 0.1) is 6.92 Å². The third kappa shape index (κ3) is 4.03. The molecule has 1 aromatic heterocycles. The topological polar surface area (TPSA) is 39.2 Å². The summed E-state index contributed by atoms with van der Waals surface area (Å²) in [6.07, 6.45) is 7.06. The molecule has 20 heavy (non-hydrogen) atoms. The van der Waals surface area contributed by atoms with Crippen molar-refractivity contribution in [2.45, 2.75) is 26.7 Å². The molecule has 0 aliphatic carbocycles. The number of carbonyl (C=O) groups excluding carboxylic acids is 1. The van der Waals surface area contributed by atoms with Gasteiger partial charge in [-0.25, -0.2) is 9.78 Å². The third-order valence-corrected chi connectivity index (χ3v) is 3.61. The maximum atomic E-state index is 11.5. The predicted molar refractivity (Wildman–Crippen MR) is 82.0 cm³/mol. The van der Waals surface area contributed by atoms with Gasteiger partial charge < -0.3 is 4.74 Å². The SMILES string of the molecule is CCCC=CC(=O)Oc1ccc(-c2ncc(C)s2)cc1. The Morgan fingerprint density at radius 3 is 2.70 bits per heavy atom. The molecular weight excluding hydrogens is 270 g/mol. The largest absolute Gasteiger partial charge is 0.423 e. The van der Waals surface area contributed by atoms with E-state index in [2.05, 4.69) is 11.9 Å². The van der Waals surface area contributed by atoms with Crippen LogP contribution < -0.4 is 4.74 Å². The molecule has 0 radical (unpaired) electrons. The van der Waals surface area contributed by atoms with Crippen LogP contribution in [0.1, 0.15) is 24.6 Å². The van der Waals surface area contributed by atoms with Crippen LogP contribution in [0.15, 0.2) is 42.6 Å². The predicted octanol–water partition coefficient (Wildman–Crippen LogP) is 4.38. The summed E-state index contributed by atoms with van der Waals surface area (Å²) in [5.41, 5.74) is 1.03. The van der Waals surface area contributed by atoms with Crippen LogP contribution >= 0.6 is 11.3 Å². The van der Waals surface area contributed by atoms with E-state index < -0.39 is 0 Å². The van der Waals surface area contributed by atoms with Gasteiger partial charge in [0.05, 0.1) is 0 Å². The zero-order chi connectivity index (χ0) is 14.4. The molecule has 0 saturated heterocycles. The standard InChI is InChI=1S/C16H17NO2S/c1-3-4-5-6-15(18)19-14-9-7-13(8-10-14)16-17-11-12(2)20-16/h5-11H,3-4H2,1-2H3. The second kappa shape index (κ2) is 7.01. The van der Waals surface area contributed by atoms with Crippen LogP contribution in [0.3, 0.4) is 0 Å². The molecular formula is C16H17NO2S. The maximum Gasteiger partial charge on any atom is 0.335 e. The minimum Gasteiger partial charge on any atom is -0.423 e. The van der Waals surface area contributed by atoms with E-state index in [4.69, 9.17) is 4.74 Å². The normalized spacial score (nSPS) is 10.9. The lowest BCUT2D eigenvalue weighted by Gasteiger charge is -2.02. The molecule has 0 amide bonds. The van der Waals surface area contributed by atoms with Crippen LogP contribution in [-0.4, -0.2) is 11.0 Å². The van der Waals surface area contributed by atoms with Gasteiger partial charge in [0.25, 0.3) is 0 Å². The summed E-state index contributed by atoms with van der Waals surface area (Å²) < 4.78 is 5.21. The van der Waals surface area contributed by atoms with Gasteiger partial charge in [-0.2, -0.15) is 0 Å². The van der Waals surface area contributed by atoms with Crippen molar-refractivity contribution in [2.24, 2.45) is 0 Å². The highest BCUT2D eigenvalue weighted by atomic mass is 32.1. The molecule has 0 aliphatic rings. The number of hydrogen-bond acceptors (Lipinski definition) is 4. The Hall–Kier alpha value is -1.94. The number of thiazole rings is 1. The first-order valence-electron chi connectivity index (χ1n) is 6.60. The molecule has 1 heterocycles. The van der Waals surface area contributed by atoms with Crippen molar-refractivity contribution in [1.82, 2.24) is 4.98 Å². The van der Waals surface area contributed by atoms with E-state index in [0.29, 0.717) is 5.75 Å². The van der Waals surface area contributed by atoms with Gasteiger partial charge in [0.1, 0.15) is 10.8 Å². The van der Waals surface area contributed by atoms with Gasteiger partial charge in [-0.05, 0) is 37.6 Å². The number of nitrogens with zero attached hydrogens (tertiary/aromatic N) is 1. The lowest BCUT2D eigenvalue weighted by atomic mass is 10.2. The van der Waals surface area contributed by atoms with Crippen molar-refractivity contribution in [1.29, 1.82) is 0 Å². The van der Waals surface area contributed by atoms with Crippen molar-refractivity contribution in [3.05, 3.63) is 47.5 Å². The van der Waals surface area contributed by atoms with Crippen molar-refractivity contribution in [3.63, 3.8) is 0 Å². The fourth-order valence-electron chi connectivity index (χ4n) is 1.65.